The molecule has 1 nitrogen and oxygen atoms in total. The van der Waals surface area contributed by atoms with Gasteiger partial charge in [0.1, 0.15) is 0 Å². The fourth-order valence-electron chi connectivity index (χ4n) is 0.237. The summed E-state index contributed by atoms with van der Waals surface area (Å²) in [5.41, 5.74) is 0. The molecule has 46 valence electrons. The van der Waals surface area contributed by atoms with Gasteiger partial charge in [-0.3, -0.25) is 4.79 Å². The quantitative estimate of drug-likeness (QED) is 0.437. The lowest BCUT2D eigenvalue weighted by atomic mass is 10.4. The Labute approximate surface area is 58.3 Å². The Morgan fingerprint density at radius 3 is 2.25 bits per heavy atom. The Bertz CT molecular complexity index is 107. The maximum atomic E-state index is 10.4. The number of halogens is 2. The number of rotatable bonds is 2. The van der Waals surface area contributed by atoms with Crippen molar-refractivity contribution in [2.75, 3.05) is 0 Å². The standard InChI is InChI=1S/C5H6Cl2O/c1-2-3-4(8)5(6)7/h2-3,5H,1H3/b3-2-. The lowest BCUT2D eigenvalue weighted by Crippen LogP contribution is -2.01. The van der Waals surface area contributed by atoms with Crippen molar-refractivity contribution in [3.8, 4) is 0 Å². The van der Waals surface area contributed by atoms with E-state index in [0.717, 1.165) is 0 Å². The second-order valence-corrected chi connectivity index (χ2v) is 2.30. The third kappa shape index (κ3) is 3.05. The minimum atomic E-state index is -0.911. The van der Waals surface area contributed by atoms with Gasteiger partial charge in [-0.25, -0.2) is 0 Å². The monoisotopic (exact) mass is 152 g/mol. The molecular weight excluding hydrogens is 147 g/mol. The molecule has 0 aliphatic heterocycles. The van der Waals surface area contributed by atoms with E-state index in [2.05, 4.69) is 0 Å². The van der Waals surface area contributed by atoms with Gasteiger partial charge in [-0.2, -0.15) is 0 Å². The number of carbonyl (C=O) groups excluding carboxylic acids is 1. The molecule has 0 unspecified atom stereocenters. The summed E-state index contributed by atoms with van der Waals surface area (Å²) in [5.74, 6) is -0.268. The molecule has 0 heterocycles. The van der Waals surface area contributed by atoms with Crippen LogP contribution in [0, 0.1) is 0 Å². The zero-order chi connectivity index (χ0) is 6.57. The van der Waals surface area contributed by atoms with E-state index in [0.29, 0.717) is 0 Å². The maximum Gasteiger partial charge on any atom is 0.188 e. The van der Waals surface area contributed by atoms with Crippen LogP contribution in [-0.2, 0) is 4.79 Å². The van der Waals surface area contributed by atoms with Crippen LogP contribution in [-0.4, -0.2) is 10.6 Å². The summed E-state index contributed by atoms with van der Waals surface area (Å²) in [4.78, 5) is 9.48. The fraction of sp³-hybridized carbons (Fsp3) is 0.400. The highest BCUT2D eigenvalue weighted by atomic mass is 35.5. The Kier molecular flexibility index (Phi) is 3.92. The molecule has 0 atom stereocenters. The average molecular weight is 153 g/mol. The molecule has 0 saturated carbocycles. The van der Waals surface area contributed by atoms with Gasteiger partial charge >= 0.3 is 0 Å². The summed E-state index contributed by atoms with van der Waals surface area (Å²) in [6.07, 6.45) is 2.94. The molecule has 0 aromatic heterocycles. The number of allylic oxidation sites excluding steroid dienone is 2. The predicted molar refractivity (Wildman–Crippen MR) is 35.3 cm³/mol. The first-order valence-electron chi connectivity index (χ1n) is 2.13. The zero-order valence-electron chi connectivity index (χ0n) is 4.40. The summed E-state index contributed by atoms with van der Waals surface area (Å²) in [6.45, 7) is 1.73. The number of carbonyl (C=O) groups is 1. The summed E-state index contributed by atoms with van der Waals surface area (Å²) in [6, 6.07) is 0. The van der Waals surface area contributed by atoms with Gasteiger partial charge in [0.15, 0.2) is 10.6 Å². The fourth-order valence-corrected chi connectivity index (χ4v) is 0.382. The molecule has 0 aliphatic carbocycles. The van der Waals surface area contributed by atoms with Crippen LogP contribution >= 0.6 is 23.2 Å². The second kappa shape index (κ2) is 3.93. The molecule has 0 aromatic rings. The Hall–Kier alpha value is -0.0100. The summed E-state index contributed by atoms with van der Waals surface area (Å²) < 4.78 is 0. The van der Waals surface area contributed by atoms with Crippen molar-refractivity contribution in [3.63, 3.8) is 0 Å². The van der Waals surface area contributed by atoms with Crippen LogP contribution in [0.4, 0.5) is 0 Å². The van der Waals surface area contributed by atoms with E-state index >= 15 is 0 Å². The van der Waals surface area contributed by atoms with Crippen LogP contribution in [0.15, 0.2) is 12.2 Å². The van der Waals surface area contributed by atoms with Crippen LogP contribution in [0.3, 0.4) is 0 Å². The number of hydrogen-bond acceptors (Lipinski definition) is 1. The normalized spacial score (nSPS) is 11.0. The predicted octanol–water partition coefficient (Wildman–Crippen LogP) is 1.94. The van der Waals surface area contributed by atoms with E-state index in [9.17, 15) is 4.79 Å². The Morgan fingerprint density at radius 2 is 2.12 bits per heavy atom. The molecule has 0 rings (SSSR count). The van der Waals surface area contributed by atoms with Crippen molar-refractivity contribution < 1.29 is 4.79 Å². The minimum absolute atomic E-state index is 0.268. The lowest BCUT2D eigenvalue weighted by molar-refractivity contribution is -0.113. The molecular formula is C5H6Cl2O. The topological polar surface area (TPSA) is 17.1 Å². The zero-order valence-corrected chi connectivity index (χ0v) is 5.91. The number of alkyl halides is 2. The molecule has 3 heteroatoms. The number of hydrogen-bond donors (Lipinski definition) is 0. The van der Waals surface area contributed by atoms with Gasteiger partial charge in [-0.1, -0.05) is 29.3 Å². The summed E-state index contributed by atoms with van der Waals surface area (Å²) in [7, 11) is 0. The van der Waals surface area contributed by atoms with Crippen LogP contribution in [0.1, 0.15) is 6.92 Å². The van der Waals surface area contributed by atoms with Gasteiger partial charge in [0, 0.05) is 0 Å². The largest absolute Gasteiger partial charge is 0.292 e. The van der Waals surface area contributed by atoms with Gasteiger partial charge < -0.3 is 0 Å². The maximum absolute atomic E-state index is 10.4. The first-order valence-corrected chi connectivity index (χ1v) is 3.00. The molecule has 0 bridgehead atoms. The molecule has 0 radical (unpaired) electrons. The van der Waals surface area contributed by atoms with Crippen LogP contribution in [0.5, 0.6) is 0 Å². The highest BCUT2D eigenvalue weighted by molar-refractivity contribution is 6.54. The van der Waals surface area contributed by atoms with E-state index in [1.165, 1.54) is 6.08 Å². The molecule has 0 aliphatic rings. The van der Waals surface area contributed by atoms with Crippen LogP contribution < -0.4 is 0 Å². The van der Waals surface area contributed by atoms with Crippen molar-refractivity contribution in [2.24, 2.45) is 0 Å². The smallest absolute Gasteiger partial charge is 0.188 e. The molecule has 0 fully saturated rings. The molecule has 0 saturated heterocycles. The van der Waals surface area contributed by atoms with Gasteiger partial charge in [-0.05, 0) is 13.0 Å². The van der Waals surface area contributed by atoms with Crippen LogP contribution in [0.25, 0.3) is 0 Å². The van der Waals surface area contributed by atoms with E-state index in [4.69, 9.17) is 23.2 Å². The van der Waals surface area contributed by atoms with Gasteiger partial charge in [0.05, 0.1) is 0 Å². The second-order valence-electron chi connectivity index (χ2n) is 1.20. The number of ketones is 1. The SMILES string of the molecule is C/C=C\C(=O)C(Cl)Cl. The molecule has 0 N–H and O–H groups in total. The van der Waals surface area contributed by atoms with Crippen molar-refractivity contribution in [1.82, 2.24) is 0 Å². The van der Waals surface area contributed by atoms with Crippen molar-refractivity contribution in [3.05, 3.63) is 12.2 Å². The highest BCUT2D eigenvalue weighted by Crippen LogP contribution is 2.02. The first-order chi connectivity index (χ1) is 3.68. The third-order valence-electron chi connectivity index (χ3n) is 0.546. The van der Waals surface area contributed by atoms with Crippen LogP contribution in [0.2, 0.25) is 0 Å². The molecule has 0 amide bonds. The molecule has 0 aromatic carbocycles. The van der Waals surface area contributed by atoms with E-state index < -0.39 is 4.84 Å². The molecule has 0 spiro atoms. The minimum Gasteiger partial charge on any atom is -0.292 e. The Morgan fingerprint density at radius 1 is 1.62 bits per heavy atom. The van der Waals surface area contributed by atoms with Gasteiger partial charge in [-0.15, -0.1) is 0 Å². The summed E-state index contributed by atoms with van der Waals surface area (Å²) >= 11 is 10.3. The third-order valence-corrected chi connectivity index (χ3v) is 0.976. The Balaban J connectivity index is 3.66. The molecule has 8 heavy (non-hydrogen) atoms. The van der Waals surface area contributed by atoms with E-state index in [-0.39, 0.29) is 5.78 Å². The highest BCUT2D eigenvalue weighted by Gasteiger charge is 2.04. The van der Waals surface area contributed by atoms with E-state index in [1.54, 1.807) is 13.0 Å². The summed E-state index contributed by atoms with van der Waals surface area (Å²) in [5, 5.41) is 0. The first kappa shape index (κ1) is 7.99. The lowest BCUT2D eigenvalue weighted by Gasteiger charge is -1.88. The van der Waals surface area contributed by atoms with Crippen molar-refractivity contribution in [1.29, 1.82) is 0 Å². The van der Waals surface area contributed by atoms with Gasteiger partial charge in [0.2, 0.25) is 0 Å². The van der Waals surface area contributed by atoms with E-state index in [1.807, 2.05) is 0 Å². The van der Waals surface area contributed by atoms with Crippen molar-refractivity contribution in [2.45, 2.75) is 11.8 Å². The average Bonchev–Trinajstić information content (AvgIpc) is 1.67. The van der Waals surface area contributed by atoms with Crippen molar-refractivity contribution >= 4 is 29.0 Å². The van der Waals surface area contributed by atoms with Gasteiger partial charge in [0.25, 0.3) is 0 Å².